The summed E-state index contributed by atoms with van der Waals surface area (Å²) in [5.41, 5.74) is 0.335. The summed E-state index contributed by atoms with van der Waals surface area (Å²) < 4.78 is 24.9. The third-order valence-electron chi connectivity index (χ3n) is 6.62. The second-order valence-electron chi connectivity index (χ2n) is 11.8. The van der Waals surface area contributed by atoms with Gasteiger partial charge in [-0.3, -0.25) is 19.1 Å². The maximum atomic E-state index is 13.8. The number of carbonyl (C=O) groups excluding carboxylic acids is 3. The largest absolute Gasteiger partial charge is 0.342 e. The molecule has 1 aromatic rings. The van der Waals surface area contributed by atoms with Gasteiger partial charge in [-0.1, -0.05) is 84.9 Å². The van der Waals surface area contributed by atoms with Gasteiger partial charge in [-0.05, 0) is 30.9 Å². The first kappa shape index (κ1) is 33.3. The molecule has 0 radical (unpaired) electrons. The van der Waals surface area contributed by atoms with Crippen molar-refractivity contribution < 1.29 is 22.8 Å². The van der Waals surface area contributed by atoms with Crippen molar-refractivity contribution in [2.75, 3.05) is 20.4 Å². The average molecular weight is 551 g/mol. The predicted octanol–water partition coefficient (Wildman–Crippen LogP) is 2.79. The average Bonchev–Trinajstić information content (AvgIpc) is 2.78. The van der Waals surface area contributed by atoms with Crippen LogP contribution in [0.4, 0.5) is 0 Å². The monoisotopic (exact) mass is 550 g/mol. The number of amides is 3. The number of hydrogen-bond donors (Lipinski definition) is 3. The lowest BCUT2D eigenvalue weighted by Gasteiger charge is -2.39. The van der Waals surface area contributed by atoms with E-state index in [0.29, 0.717) is 5.70 Å². The van der Waals surface area contributed by atoms with Crippen molar-refractivity contribution in [3.05, 3.63) is 47.7 Å². The fourth-order valence-electron chi connectivity index (χ4n) is 4.35. The SMILES string of the molecule is CN[C@H](C(=O)N[C@H](C(=O)N(C)/C(=C/C(C)C(=O)NS(C)(=O)=O)C(C)C)C(C)(C)C)C(C)(C)c1ccccc1. The lowest BCUT2D eigenvalue weighted by molar-refractivity contribution is -0.138. The molecule has 0 aliphatic heterocycles. The maximum absolute atomic E-state index is 13.8. The van der Waals surface area contributed by atoms with Gasteiger partial charge >= 0.3 is 0 Å². The quantitative estimate of drug-likeness (QED) is 0.389. The number of hydrogen-bond acceptors (Lipinski definition) is 6. The molecule has 1 aromatic carbocycles. The van der Waals surface area contributed by atoms with Crippen LogP contribution in [0.25, 0.3) is 0 Å². The Balaban J connectivity index is 3.32. The molecule has 0 saturated carbocycles. The Morgan fingerprint density at radius 2 is 1.45 bits per heavy atom. The normalized spacial score (nSPS) is 15.4. The molecule has 3 N–H and O–H groups in total. The van der Waals surface area contributed by atoms with Gasteiger partial charge in [0.25, 0.3) is 0 Å². The molecule has 38 heavy (non-hydrogen) atoms. The second kappa shape index (κ2) is 12.9. The van der Waals surface area contributed by atoms with Gasteiger partial charge in [-0.15, -0.1) is 0 Å². The van der Waals surface area contributed by atoms with E-state index >= 15 is 0 Å². The van der Waals surface area contributed by atoms with E-state index in [0.717, 1.165) is 11.8 Å². The predicted molar refractivity (Wildman–Crippen MR) is 152 cm³/mol. The molecule has 1 unspecified atom stereocenters. The first-order valence-electron chi connectivity index (χ1n) is 12.8. The Labute approximate surface area is 228 Å². The van der Waals surface area contributed by atoms with Crippen LogP contribution in [0.2, 0.25) is 0 Å². The zero-order valence-corrected chi connectivity index (χ0v) is 25.5. The van der Waals surface area contributed by atoms with E-state index in [1.165, 1.54) is 4.90 Å². The van der Waals surface area contributed by atoms with Crippen molar-refractivity contribution in [3.63, 3.8) is 0 Å². The van der Waals surface area contributed by atoms with Crippen LogP contribution in [0.5, 0.6) is 0 Å². The van der Waals surface area contributed by atoms with Crippen LogP contribution in [-0.2, 0) is 29.8 Å². The Kier molecular flexibility index (Phi) is 11.3. The number of nitrogens with zero attached hydrogens (tertiary/aromatic N) is 1. The molecule has 214 valence electrons. The first-order valence-corrected chi connectivity index (χ1v) is 14.7. The van der Waals surface area contributed by atoms with Crippen molar-refractivity contribution in [2.45, 2.75) is 72.9 Å². The molecular weight excluding hydrogens is 504 g/mol. The van der Waals surface area contributed by atoms with Gasteiger partial charge in [-0.2, -0.15) is 0 Å². The van der Waals surface area contributed by atoms with Crippen molar-refractivity contribution in [3.8, 4) is 0 Å². The van der Waals surface area contributed by atoms with Crippen LogP contribution in [-0.4, -0.2) is 63.5 Å². The smallest absolute Gasteiger partial charge is 0.249 e. The molecule has 3 atom stereocenters. The standard InChI is InChI=1S/C28H46N4O5S/c1-18(2)21(17-19(3)24(33)31-38(11,36)37)32(10)26(35)23(27(4,5)6)30-25(34)22(29-9)28(7,8)20-15-13-12-14-16-20/h12-19,22-23,29H,1-11H3,(H,30,34)(H,31,33)/b21-17+/t19?,22-,23-/m1/s1. The number of nitrogens with one attached hydrogen (secondary N) is 3. The molecule has 0 aliphatic carbocycles. The van der Waals surface area contributed by atoms with Crippen LogP contribution in [0.15, 0.2) is 42.1 Å². The van der Waals surface area contributed by atoms with Crippen molar-refractivity contribution in [1.82, 2.24) is 20.3 Å². The second-order valence-corrected chi connectivity index (χ2v) is 13.5. The third kappa shape index (κ3) is 8.94. The summed E-state index contributed by atoms with van der Waals surface area (Å²) >= 11 is 0. The minimum Gasteiger partial charge on any atom is -0.342 e. The zero-order chi connectivity index (χ0) is 29.6. The summed E-state index contributed by atoms with van der Waals surface area (Å²) in [6, 6.07) is 8.22. The summed E-state index contributed by atoms with van der Waals surface area (Å²) in [7, 11) is -0.392. The summed E-state index contributed by atoms with van der Waals surface area (Å²) in [5, 5.41) is 6.11. The number of carbonyl (C=O) groups is 3. The van der Waals surface area contributed by atoms with E-state index in [4.69, 9.17) is 0 Å². The van der Waals surface area contributed by atoms with Crippen LogP contribution in [0.1, 0.15) is 61.0 Å². The highest BCUT2D eigenvalue weighted by Crippen LogP contribution is 2.29. The summed E-state index contributed by atoms with van der Waals surface area (Å²) in [5.74, 6) is -2.30. The molecule has 1 rings (SSSR count). The Bertz CT molecular complexity index is 1120. The fourth-order valence-corrected chi connectivity index (χ4v) is 4.90. The van der Waals surface area contributed by atoms with Crippen molar-refractivity contribution >= 4 is 27.7 Å². The number of rotatable bonds is 11. The highest BCUT2D eigenvalue weighted by Gasteiger charge is 2.41. The Hall–Kier alpha value is -2.72. The number of benzene rings is 1. The molecule has 10 heteroatoms. The number of allylic oxidation sites excluding steroid dienone is 1. The van der Waals surface area contributed by atoms with E-state index in [1.54, 1.807) is 27.1 Å². The number of sulfonamides is 1. The van der Waals surface area contributed by atoms with E-state index in [2.05, 4.69) is 10.6 Å². The van der Waals surface area contributed by atoms with Gasteiger partial charge in [0.05, 0.1) is 18.2 Å². The topological polar surface area (TPSA) is 125 Å². The molecule has 9 nitrogen and oxygen atoms in total. The molecular formula is C28H46N4O5S. The third-order valence-corrected chi connectivity index (χ3v) is 7.19. The lowest BCUT2D eigenvalue weighted by atomic mass is 9.76. The molecule has 0 heterocycles. The summed E-state index contributed by atoms with van der Waals surface area (Å²) in [6.07, 6.45) is 2.49. The van der Waals surface area contributed by atoms with Gasteiger partial charge in [0, 0.05) is 18.2 Å². The molecule has 0 saturated heterocycles. The minimum absolute atomic E-state index is 0.157. The lowest BCUT2D eigenvalue weighted by Crippen LogP contribution is -2.60. The van der Waals surface area contributed by atoms with Gasteiger partial charge in [0.15, 0.2) is 0 Å². The van der Waals surface area contributed by atoms with Crippen LogP contribution >= 0.6 is 0 Å². The van der Waals surface area contributed by atoms with Crippen molar-refractivity contribution in [1.29, 1.82) is 0 Å². The van der Waals surface area contributed by atoms with Gasteiger partial charge in [0.2, 0.25) is 27.7 Å². The van der Waals surface area contributed by atoms with Crippen LogP contribution in [0.3, 0.4) is 0 Å². The van der Waals surface area contributed by atoms with E-state index < -0.39 is 44.8 Å². The highest BCUT2D eigenvalue weighted by atomic mass is 32.2. The van der Waals surface area contributed by atoms with Gasteiger partial charge in [-0.25, -0.2) is 8.42 Å². The molecule has 0 aliphatic rings. The van der Waals surface area contributed by atoms with E-state index in [-0.39, 0.29) is 17.7 Å². The molecule has 3 amide bonds. The molecule has 0 aromatic heterocycles. The Morgan fingerprint density at radius 3 is 1.87 bits per heavy atom. The van der Waals surface area contributed by atoms with E-state index in [9.17, 15) is 22.8 Å². The number of likely N-dealkylation sites (N-methyl/N-ethyl adjacent to an activating group) is 2. The van der Waals surface area contributed by atoms with Gasteiger partial charge < -0.3 is 15.5 Å². The molecule has 0 fully saturated rings. The molecule has 0 spiro atoms. The van der Waals surface area contributed by atoms with Crippen LogP contribution in [0, 0.1) is 17.3 Å². The Morgan fingerprint density at radius 1 is 0.921 bits per heavy atom. The van der Waals surface area contributed by atoms with Crippen molar-refractivity contribution in [2.24, 2.45) is 17.3 Å². The zero-order valence-electron chi connectivity index (χ0n) is 24.7. The first-order chi connectivity index (χ1) is 17.2. The fraction of sp³-hybridized carbons (Fsp3) is 0.607. The molecule has 0 bridgehead atoms. The summed E-state index contributed by atoms with van der Waals surface area (Å²) in [4.78, 5) is 41.3. The van der Waals surface area contributed by atoms with Gasteiger partial charge in [0.1, 0.15) is 6.04 Å². The summed E-state index contributed by atoms with van der Waals surface area (Å²) in [6.45, 7) is 14.9. The van der Waals surface area contributed by atoms with E-state index in [1.807, 2.05) is 83.5 Å². The highest BCUT2D eigenvalue weighted by molar-refractivity contribution is 7.89. The minimum atomic E-state index is -3.71. The maximum Gasteiger partial charge on any atom is 0.249 e. The van der Waals surface area contributed by atoms with Crippen LogP contribution < -0.4 is 15.4 Å².